The summed E-state index contributed by atoms with van der Waals surface area (Å²) in [5.41, 5.74) is 11.2. The van der Waals surface area contributed by atoms with Gasteiger partial charge in [-0.05, 0) is 46.5 Å². The van der Waals surface area contributed by atoms with Crippen molar-refractivity contribution in [1.82, 2.24) is 10.7 Å². The molecule has 0 aliphatic heterocycles. The van der Waals surface area contributed by atoms with Gasteiger partial charge < -0.3 is 10.1 Å². The van der Waals surface area contributed by atoms with E-state index < -0.39 is 6.09 Å². The van der Waals surface area contributed by atoms with E-state index in [4.69, 9.17) is 4.74 Å². The molecule has 1 aliphatic rings. The molecule has 0 heterocycles. The Morgan fingerprint density at radius 3 is 2.03 bits per heavy atom. The molecule has 0 bridgehead atoms. The molecule has 6 heteroatoms. The van der Waals surface area contributed by atoms with Gasteiger partial charge in [-0.15, -0.1) is 0 Å². The minimum Gasteiger partial charge on any atom is -0.447 e. The Morgan fingerprint density at radius 1 is 0.862 bits per heavy atom. The molecule has 3 N–H and O–H groups in total. The van der Waals surface area contributed by atoms with E-state index in [-0.39, 0.29) is 18.4 Å². The van der Waals surface area contributed by atoms with Crippen molar-refractivity contribution in [3.63, 3.8) is 0 Å². The summed E-state index contributed by atoms with van der Waals surface area (Å²) in [5.74, 6) is -0.152. The smallest absolute Gasteiger partial charge is 0.425 e. The molecule has 0 spiro atoms. The zero-order chi connectivity index (χ0) is 20.2. The van der Waals surface area contributed by atoms with Crippen molar-refractivity contribution in [1.29, 1.82) is 0 Å². The number of nitrogens with one attached hydrogen (secondary N) is 3. The monoisotopic (exact) mass is 387 g/mol. The van der Waals surface area contributed by atoms with Crippen LogP contribution in [0.3, 0.4) is 0 Å². The summed E-state index contributed by atoms with van der Waals surface area (Å²) < 4.78 is 5.46. The van der Waals surface area contributed by atoms with Gasteiger partial charge in [0.2, 0.25) is 0 Å². The first kappa shape index (κ1) is 18.6. The second-order valence-electron chi connectivity index (χ2n) is 6.73. The maximum Gasteiger partial charge on any atom is 0.425 e. The molecule has 2 amide bonds. The molecule has 3 aromatic rings. The van der Waals surface area contributed by atoms with Crippen molar-refractivity contribution < 1.29 is 14.3 Å². The highest BCUT2D eigenvalue weighted by Crippen LogP contribution is 2.44. The molecule has 0 radical (unpaired) electrons. The quantitative estimate of drug-likeness (QED) is 0.580. The zero-order valence-electron chi connectivity index (χ0n) is 15.9. The fourth-order valence-electron chi connectivity index (χ4n) is 3.61. The SMILES string of the molecule is CNC(=O)c1ccc(NNC(=O)OCC2c3ccccc3-c3ccccc32)cc1. The third-order valence-electron chi connectivity index (χ3n) is 5.03. The Kier molecular flexibility index (Phi) is 5.16. The van der Waals surface area contributed by atoms with E-state index in [2.05, 4.69) is 40.4 Å². The van der Waals surface area contributed by atoms with Gasteiger partial charge in [0.25, 0.3) is 5.91 Å². The number of benzene rings is 3. The van der Waals surface area contributed by atoms with Gasteiger partial charge in [0.1, 0.15) is 6.61 Å². The van der Waals surface area contributed by atoms with Crippen LogP contribution in [0.25, 0.3) is 11.1 Å². The van der Waals surface area contributed by atoms with E-state index in [1.807, 2.05) is 24.3 Å². The molecule has 0 fully saturated rings. The molecule has 3 aromatic carbocycles. The van der Waals surface area contributed by atoms with Crippen molar-refractivity contribution >= 4 is 17.7 Å². The van der Waals surface area contributed by atoms with Crippen LogP contribution in [0.15, 0.2) is 72.8 Å². The van der Waals surface area contributed by atoms with Crippen molar-refractivity contribution in [3.05, 3.63) is 89.5 Å². The van der Waals surface area contributed by atoms with Crippen molar-refractivity contribution in [3.8, 4) is 11.1 Å². The zero-order valence-corrected chi connectivity index (χ0v) is 15.9. The van der Waals surface area contributed by atoms with Crippen molar-refractivity contribution in [2.75, 3.05) is 19.1 Å². The molecule has 29 heavy (non-hydrogen) atoms. The van der Waals surface area contributed by atoms with E-state index in [1.54, 1.807) is 31.3 Å². The fraction of sp³-hybridized carbons (Fsp3) is 0.130. The standard InChI is InChI=1S/C23H21N3O3/c1-24-22(27)15-10-12-16(13-11-15)25-26-23(28)29-14-21-19-8-4-2-6-17(19)18-7-3-5-9-20(18)21/h2-13,21,25H,14H2,1H3,(H,24,27)(H,26,28). The second-order valence-corrected chi connectivity index (χ2v) is 6.73. The lowest BCUT2D eigenvalue weighted by atomic mass is 9.98. The van der Waals surface area contributed by atoms with Crippen LogP contribution in [0.4, 0.5) is 10.5 Å². The summed E-state index contributed by atoms with van der Waals surface area (Å²) in [4.78, 5) is 23.7. The molecule has 0 saturated carbocycles. The third kappa shape index (κ3) is 3.78. The molecule has 1 aliphatic carbocycles. The van der Waals surface area contributed by atoms with Gasteiger partial charge in [0.05, 0.1) is 5.69 Å². The number of hydrogen-bond donors (Lipinski definition) is 3. The maximum atomic E-state index is 12.2. The number of hydrazine groups is 1. The van der Waals surface area contributed by atoms with Gasteiger partial charge in [0, 0.05) is 18.5 Å². The molecular formula is C23H21N3O3. The Balaban J connectivity index is 1.36. The minimum absolute atomic E-state index is 0.0139. The first-order valence-corrected chi connectivity index (χ1v) is 9.36. The largest absolute Gasteiger partial charge is 0.447 e. The van der Waals surface area contributed by atoms with Crippen LogP contribution < -0.4 is 16.2 Å². The predicted molar refractivity (Wildman–Crippen MR) is 112 cm³/mol. The lowest BCUT2D eigenvalue weighted by Crippen LogP contribution is -2.31. The van der Waals surface area contributed by atoms with Gasteiger partial charge in [-0.25, -0.2) is 10.2 Å². The number of ether oxygens (including phenoxy) is 1. The lowest BCUT2D eigenvalue weighted by molar-refractivity contribution is 0.0963. The minimum atomic E-state index is -0.567. The number of carbonyl (C=O) groups is 2. The topological polar surface area (TPSA) is 79.5 Å². The van der Waals surface area contributed by atoms with Gasteiger partial charge in [-0.2, -0.15) is 0 Å². The molecule has 0 aromatic heterocycles. The van der Waals surface area contributed by atoms with E-state index in [1.165, 1.54) is 22.3 Å². The van der Waals surface area contributed by atoms with E-state index in [0.717, 1.165) is 0 Å². The van der Waals surface area contributed by atoms with Crippen LogP contribution in [0, 0.1) is 0 Å². The summed E-state index contributed by atoms with van der Waals surface area (Å²) in [7, 11) is 1.58. The number of hydrogen-bond acceptors (Lipinski definition) is 4. The molecule has 0 unspecified atom stereocenters. The number of amides is 2. The molecule has 0 atom stereocenters. The van der Waals surface area contributed by atoms with E-state index >= 15 is 0 Å². The highest BCUT2D eigenvalue weighted by molar-refractivity contribution is 5.94. The highest BCUT2D eigenvalue weighted by atomic mass is 16.6. The number of carbonyl (C=O) groups excluding carboxylic acids is 2. The van der Waals surface area contributed by atoms with Crippen LogP contribution in [0.1, 0.15) is 27.4 Å². The Bertz CT molecular complexity index is 1000. The van der Waals surface area contributed by atoms with Crippen LogP contribution in [-0.2, 0) is 4.74 Å². The van der Waals surface area contributed by atoms with Gasteiger partial charge in [0.15, 0.2) is 0 Å². The lowest BCUT2D eigenvalue weighted by Gasteiger charge is -2.15. The highest BCUT2D eigenvalue weighted by Gasteiger charge is 2.28. The molecule has 6 nitrogen and oxygen atoms in total. The first-order chi connectivity index (χ1) is 14.2. The second kappa shape index (κ2) is 8.06. The number of anilines is 1. The summed E-state index contributed by atoms with van der Waals surface area (Å²) in [6, 6.07) is 23.1. The summed E-state index contributed by atoms with van der Waals surface area (Å²) in [5, 5.41) is 2.56. The average molecular weight is 387 g/mol. The maximum absolute atomic E-state index is 12.2. The van der Waals surface area contributed by atoms with Crippen molar-refractivity contribution in [2.24, 2.45) is 0 Å². The number of fused-ring (bicyclic) bond motifs is 3. The van der Waals surface area contributed by atoms with Gasteiger partial charge in [-0.3, -0.25) is 10.2 Å². The Hall–Kier alpha value is -3.80. The van der Waals surface area contributed by atoms with Gasteiger partial charge in [-0.1, -0.05) is 48.5 Å². The normalized spacial score (nSPS) is 11.9. The molecule has 4 rings (SSSR count). The summed E-state index contributed by atoms with van der Waals surface area (Å²) >= 11 is 0. The summed E-state index contributed by atoms with van der Waals surface area (Å²) in [6.45, 7) is 0.247. The molecular weight excluding hydrogens is 366 g/mol. The van der Waals surface area contributed by atoms with Crippen LogP contribution in [-0.4, -0.2) is 25.7 Å². The van der Waals surface area contributed by atoms with Crippen molar-refractivity contribution in [2.45, 2.75) is 5.92 Å². The Morgan fingerprint density at radius 2 is 1.45 bits per heavy atom. The van der Waals surface area contributed by atoms with E-state index in [0.29, 0.717) is 11.3 Å². The predicted octanol–water partition coefficient (Wildman–Crippen LogP) is 3.91. The van der Waals surface area contributed by atoms with Crippen LogP contribution in [0.5, 0.6) is 0 Å². The average Bonchev–Trinajstić information content (AvgIpc) is 3.10. The van der Waals surface area contributed by atoms with Gasteiger partial charge >= 0.3 is 6.09 Å². The van der Waals surface area contributed by atoms with Crippen LogP contribution in [0.2, 0.25) is 0 Å². The molecule has 146 valence electrons. The van der Waals surface area contributed by atoms with E-state index in [9.17, 15) is 9.59 Å². The fourth-order valence-corrected chi connectivity index (χ4v) is 3.61. The summed E-state index contributed by atoms with van der Waals surface area (Å²) in [6.07, 6.45) is -0.567. The third-order valence-corrected chi connectivity index (χ3v) is 5.03. The first-order valence-electron chi connectivity index (χ1n) is 9.36. The number of rotatable bonds is 5. The Labute approximate surface area is 168 Å². The molecule has 0 saturated heterocycles. The van der Waals surface area contributed by atoms with Crippen LogP contribution >= 0.6 is 0 Å².